The zero-order valence-corrected chi connectivity index (χ0v) is 32.6. The lowest BCUT2D eigenvalue weighted by Gasteiger charge is -2.30. The van der Waals surface area contributed by atoms with Gasteiger partial charge in [0.25, 0.3) is 0 Å². The summed E-state index contributed by atoms with van der Waals surface area (Å²) < 4.78 is 0. The number of carbonyl (C=O) groups is 1. The van der Waals surface area contributed by atoms with Gasteiger partial charge in [0.15, 0.2) is 35.2 Å². The summed E-state index contributed by atoms with van der Waals surface area (Å²) in [6.07, 6.45) is 4.26. The fourth-order valence-corrected chi connectivity index (χ4v) is 11.7. The van der Waals surface area contributed by atoms with E-state index in [0.29, 0.717) is 18.4 Å². The molecule has 268 valence electrons. The largest absolute Gasteiger partial charge is 0.382 e. The number of benzene rings is 7. The molecule has 5 heteroatoms. The van der Waals surface area contributed by atoms with Crippen molar-refractivity contribution in [2.45, 2.75) is 76.9 Å². The van der Waals surface area contributed by atoms with Gasteiger partial charge in [0.05, 0.1) is 21.8 Å². The predicted octanol–water partition coefficient (Wildman–Crippen LogP) is 12.6. The van der Waals surface area contributed by atoms with Crippen LogP contribution in [-0.2, 0) is 21.8 Å². The van der Waals surface area contributed by atoms with Crippen LogP contribution in [0, 0.1) is 0 Å². The summed E-state index contributed by atoms with van der Waals surface area (Å²) in [5.74, 6) is -0.109. The molecule has 0 aliphatic heterocycles. The van der Waals surface area contributed by atoms with Crippen molar-refractivity contribution < 1.29 is 9.90 Å². The maximum absolute atomic E-state index is 12.1. The van der Waals surface area contributed by atoms with E-state index in [-0.39, 0.29) is 27.6 Å². The van der Waals surface area contributed by atoms with Crippen LogP contribution in [0.4, 0.5) is 0 Å². The van der Waals surface area contributed by atoms with Crippen LogP contribution in [0.15, 0.2) is 239 Å². The number of ketones is 1. The molecular weight excluding hydrogens is 717 g/mol. The molecule has 0 bridgehead atoms. The average molecular weight is 761 g/mol. The second-order valence-electron chi connectivity index (χ2n) is 13.2. The second-order valence-corrected chi connectivity index (χ2v) is 18.4. The molecule has 1 saturated carbocycles. The summed E-state index contributed by atoms with van der Waals surface area (Å²) in [4.78, 5) is 22.6. The highest BCUT2D eigenvalue weighted by Crippen LogP contribution is 2.36. The molecule has 0 spiro atoms. The van der Waals surface area contributed by atoms with Gasteiger partial charge in [-0.15, -0.1) is 0 Å². The molecule has 2 nitrogen and oxygen atoms in total. The van der Waals surface area contributed by atoms with E-state index in [9.17, 15) is 9.90 Å². The van der Waals surface area contributed by atoms with Crippen LogP contribution >= 0.6 is 11.8 Å². The van der Waals surface area contributed by atoms with Gasteiger partial charge in [0.1, 0.15) is 5.60 Å². The van der Waals surface area contributed by atoms with Gasteiger partial charge in [-0.3, -0.25) is 4.79 Å². The molecule has 0 aromatic heterocycles. The lowest BCUT2D eigenvalue weighted by Crippen LogP contribution is -2.40. The molecule has 1 fully saturated rings. The molecule has 7 aromatic carbocycles. The van der Waals surface area contributed by atoms with Crippen LogP contribution in [0.25, 0.3) is 0 Å². The zero-order valence-electron chi connectivity index (χ0n) is 30.2. The van der Waals surface area contributed by atoms with Crippen LogP contribution in [0.2, 0.25) is 0 Å². The smallest absolute Gasteiger partial charge is 0.194 e. The Kier molecular flexibility index (Phi) is 12.9. The number of Topliss-reactive ketones (excluding diaryl/α,β-unsaturated/α-hetero) is 1. The summed E-state index contributed by atoms with van der Waals surface area (Å²) in [7, 11) is -0.245. The fraction of sp³-hybridized carbons (Fsp3) is 0.122. The van der Waals surface area contributed by atoms with Crippen LogP contribution in [0.1, 0.15) is 42.5 Å². The minimum atomic E-state index is -1.10. The molecule has 1 aliphatic rings. The van der Waals surface area contributed by atoms with Crippen LogP contribution in [0.5, 0.6) is 0 Å². The highest BCUT2D eigenvalue weighted by molar-refractivity contribution is 7.99. The topological polar surface area (TPSA) is 37.3 Å². The van der Waals surface area contributed by atoms with Gasteiger partial charge in [-0.25, -0.2) is 0 Å². The van der Waals surface area contributed by atoms with Gasteiger partial charge in [-0.2, -0.15) is 0 Å². The molecule has 0 radical (unpaired) electrons. The van der Waals surface area contributed by atoms with E-state index in [2.05, 4.69) is 170 Å². The Bertz CT molecular complexity index is 1970. The molecule has 0 unspecified atom stereocenters. The average Bonchev–Trinajstić information content (AvgIpc) is 3.24. The van der Waals surface area contributed by atoms with Crippen molar-refractivity contribution in [3.05, 3.63) is 206 Å². The van der Waals surface area contributed by atoms with Crippen molar-refractivity contribution in [2.24, 2.45) is 0 Å². The van der Waals surface area contributed by atoms with E-state index in [1.807, 2.05) is 30.0 Å². The Hall–Kier alpha value is -4.78. The molecule has 0 amide bonds. The monoisotopic (exact) mass is 760 g/mol. The van der Waals surface area contributed by atoms with E-state index in [0.717, 1.165) is 19.3 Å². The van der Waals surface area contributed by atoms with E-state index in [1.165, 1.54) is 39.2 Å². The number of hydrogen-bond donors (Lipinski definition) is 1. The third-order valence-electron chi connectivity index (χ3n) is 9.41. The molecule has 1 N–H and O–H groups in total. The minimum absolute atomic E-state index is 0.109. The van der Waals surface area contributed by atoms with Gasteiger partial charge in [-0.05, 0) is 110 Å². The van der Waals surface area contributed by atoms with Crippen LogP contribution in [0.3, 0.4) is 0 Å². The van der Waals surface area contributed by atoms with Gasteiger partial charge in [0, 0.05) is 15.4 Å². The molecule has 1 aliphatic carbocycles. The SMILES string of the molecule is O=C(c1ccccc1)C1(O)CCCCC1.c1ccc([S+](c2ccccc2)c2ccc(Sc3ccc([S+](c4ccccc4)c4ccccc4)cc3)cc2)cc1. The van der Waals surface area contributed by atoms with Crippen molar-refractivity contribution in [2.75, 3.05) is 0 Å². The first kappa shape index (κ1) is 37.5. The summed E-state index contributed by atoms with van der Waals surface area (Å²) in [5, 5.41) is 10.2. The number of aliphatic hydroxyl groups is 1. The second kappa shape index (κ2) is 18.5. The van der Waals surface area contributed by atoms with E-state index >= 15 is 0 Å². The summed E-state index contributed by atoms with van der Waals surface area (Å²) in [6.45, 7) is 0. The van der Waals surface area contributed by atoms with Gasteiger partial charge in [0.2, 0.25) is 0 Å². The first-order valence-electron chi connectivity index (χ1n) is 18.5. The molecule has 0 heterocycles. The Morgan fingerprint density at radius 2 is 0.704 bits per heavy atom. The van der Waals surface area contributed by atoms with E-state index in [4.69, 9.17) is 0 Å². The number of rotatable bonds is 10. The molecule has 54 heavy (non-hydrogen) atoms. The van der Waals surface area contributed by atoms with Crippen molar-refractivity contribution in [3.63, 3.8) is 0 Å². The third-order valence-corrected chi connectivity index (χ3v) is 14.9. The third kappa shape index (κ3) is 9.47. The maximum atomic E-state index is 12.1. The lowest BCUT2D eigenvalue weighted by atomic mass is 9.79. The molecule has 0 saturated heterocycles. The summed E-state index contributed by atoms with van der Waals surface area (Å²) >= 11 is 1.82. The Morgan fingerprint density at radius 3 is 1.04 bits per heavy atom. The number of hydrogen-bond acceptors (Lipinski definition) is 3. The maximum Gasteiger partial charge on any atom is 0.194 e. The normalized spacial score (nSPS) is 13.5. The number of carbonyl (C=O) groups excluding carboxylic acids is 1. The first-order valence-corrected chi connectivity index (χ1v) is 21.7. The lowest BCUT2D eigenvalue weighted by molar-refractivity contribution is 0.0116. The molecule has 0 atom stereocenters. The van der Waals surface area contributed by atoms with Crippen LogP contribution in [-0.4, -0.2) is 16.5 Å². The Balaban J connectivity index is 0.000000251. The molecule has 7 aromatic rings. The Labute approximate surface area is 330 Å². The minimum Gasteiger partial charge on any atom is -0.382 e. The van der Waals surface area contributed by atoms with Gasteiger partial charge >= 0.3 is 0 Å². The quantitative estimate of drug-likeness (QED) is 0.111. The standard InChI is InChI=1S/C36H28S3.C13H16O2/c1-5-13-31(14-6-1)38(32-15-7-2-8-16-32)35-25-21-29(22-26-35)37-30-23-27-36(28-24-30)39(33-17-9-3-10-18-33)34-19-11-4-12-20-34;14-12(11-7-3-1-4-8-11)13(15)9-5-2-6-10-13/h1-28H;1,3-4,7-8,15H,2,5-6,9-10H2/q+2;. The van der Waals surface area contributed by atoms with E-state index < -0.39 is 5.60 Å². The van der Waals surface area contributed by atoms with Crippen LogP contribution < -0.4 is 0 Å². The van der Waals surface area contributed by atoms with Crippen molar-refractivity contribution >= 4 is 39.3 Å². The van der Waals surface area contributed by atoms with Gasteiger partial charge in [-0.1, -0.05) is 134 Å². The van der Waals surface area contributed by atoms with Crippen molar-refractivity contribution in [3.8, 4) is 0 Å². The summed E-state index contributed by atoms with van der Waals surface area (Å²) in [5.41, 5.74) is -0.471. The Morgan fingerprint density at radius 1 is 0.407 bits per heavy atom. The predicted molar refractivity (Wildman–Crippen MR) is 226 cm³/mol. The molecule has 8 rings (SSSR count). The summed E-state index contributed by atoms with van der Waals surface area (Å²) in [6, 6.07) is 70.6. The first-order chi connectivity index (χ1) is 26.6. The van der Waals surface area contributed by atoms with Crippen molar-refractivity contribution in [1.82, 2.24) is 0 Å². The van der Waals surface area contributed by atoms with Gasteiger partial charge < -0.3 is 5.11 Å². The van der Waals surface area contributed by atoms with E-state index in [1.54, 1.807) is 12.1 Å². The fourth-order valence-electron chi connectivity index (χ4n) is 6.69. The van der Waals surface area contributed by atoms with Crippen molar-refractivity contribution in [1.29, 1.82) is 0 Å². The molecular formula is C49H44O2S3+2. The zero-order chi connectivity index (χ0) is 37.0. The highest BCUT2D eigenvalue weighted by atomic mass is 32.2. The highest BCUT2D eigenvalue weighted by Gasteiger charge is 2.37.